The van der Waals surface area contributed by atoms with Crippen LogP contribution in [-0.4, -0.2) is 19.0 Å². The number of hydrogen-bond acceptors (Lipinski definition) is 1. The van der Waals surface area contributed by atoms with E-state index in [1.54, 1.807) is 6.92 Å². The molecule has 0 aromatic carbocycles. The van der Waals surface area contributed by atoms with Crippen LogP contribution in [0.25, 0.3) is 0 Å². The molecule has 0 saturated heterocycles. The molecule has 1 aliphatic carbocycles. The molecule has 1 N–H and O–H groups in total. The molecule has 1 nitrogen and oxygen atoms in total. The Kier molecular flexibility index (Phi) is 4.10. The molecule has 0 aromatic heterocycles. The minimum atomic E-state index is -2.24. The van der Waals surface area contributed by atoms with Crippen molar-refractivity contribution in [2.24, 2.45) is 11.8 Å². The zero-order valence-corrected chi connectivity index (χ0v) is 8.39. The third-order valence-electron chi connectivity index (χ3n) is 2.91. The van der Waals surface area contributed by atoms with Crippen molar-refractivity contribution in [3.05, 3.63) is 0 Å². The third-order valence-corrected chi connectivity index (χ3v) is 2.91. The molecular weight excluding hydrogens is 172 g/mol. The van der Waals surface area contributed by atoms with Crippen LogP contribution in [0.3, 0.4) is 0 Å². The van der Waals surface area contributed by atoms with Gasteiger partial charge in [0.05, 0.1) is 6.04 Å². The van der Waals surface area contributed by atoms with Gasteiger partial charge in [0.15, 0.2) is 0 Å². The fraction of sp³-hybridized carbons (Fsp3) is 1.00. The van der Waals surface area contributed by atoms with Gasteiger partial charge in [0.2, 0.25) is 0 Å². The Morgan fingerprint density at radius 3 is 2.54 bits per heavy atom. The molecule has 0 amide bonds. The van der Waals surface area contributed by atoms with E-state index in [9.17, 15) is 8.78 Å². The van der Waals surface area contributed by atoms with E-state index >= 15 is 0 Å². The van der Waals surface area contributed by atoms with Crippen LogP contribution in [0.5, 0.6) is 0 Å². The fourth-order valence-electron chi connectivity index (χ4n) is 1.95. The van der Waals surface area contributed by atoms with Crippen molar-refractivity contribution in [3.63, 3.8) is 0 Å². The molecule has 78 valence electrons. The smallest absolute Gasteiger partial charge is 0.253 e. The SMILES string of the molecule is CC1CCC(CNC(C)C(F)F)C1. The van der Waals surface area contributed by atoms with Crippen molar-refractivity contribution in [3.8, 4) is 0 Å². The van der Waals surface area contributed by atoms with Gasteiger partial charge in [-0.15, -0.1) is 0 Å². The van der Waals surface area contributed by atoms with E-state index < -0.39 is 12.5 Å². The van der Waals surface area contributed by atoms with E-state index in [-0.39, 0.29) is 0 Å². The minimum absolute atomic E-state index is 0.621. The summed E-state index contributed by atoms with van der Waals surface area (Å²) in [6, 6.07) is -0.657. The normalized spacial score (nSPS) is 31.2. The van der Waals surface area contributed by atoms with Crippen LogP contribution >= 0.6 is 0 Å². The maximum absolute atomic E-state index is 12.1. The molecule has 1 rings (SSSR count). The summed E-state index contributed by atoms with van der Waals surface area (Å²) < 4.78 is 24.2. The Morgan fingerprint density at radius 2 is 2.08 bits per heavy atom. The van der Waals surface area contributed by atoms with E-state index in [1.807, 2.05) is 0 Å². The van der Waals surface area contributed by atoms with Crippen LogP contribution in [0.15, 0.2) is 0 Å². The molecule has 1 aliphatic rings. The second-order valence-electron chi connectivity index (χ2n) is 4.32. The summed E-state index contributed by atoms with van der Waals surface area (Å²) in [7, 11) is 0. The molecule has 0 heterocycles. The van der Waals surface area contributed by atoms with Crippen LogP contribution in [0.1, 0.15) is 33.1 Å². The molecular formula is C10H19F2N. The molecule has 0 aliphatic heterocycles. The molecule has 3 atom stereocenters. The Morgan fingerprint density at radius 1 is 1.38 bits per heavy atom. The molecule has 3 unspecified atom stereocenters. The van der Waals surface area contributed by atoms with Crippen molar-refractivity contribution in [1.29, 1.82) is 0 Å². The van der Waals surface area contributed by atoms with Crippen LogP contribution in [0.2, 0.25) is 0 Å². The van der Waals surface area contributed by atoms with E-state index in [2.05, 4.69) is 12.2 Å². The topological polar surface area (TPSA) is 12.0 Å². The predicted molar refractivity (Wildman–Crippen MR) is 50.0 cm³/mol. The number of nitrogens with one attached hydrogen (secondary N) is 1. The quantitative estimate of drug-likeness (QED) is 0.720. The van der Waals surface area contributed by atoms with E-state index in [0.29, 0.717) is 5.92 Å². The van der Waals surface area contributed by atoms with Gasteiger partial charge in [0, 0.05) is 0 Å². The van der Waals surface area contributed by atoms with E-state index in [1.165, 1.54) is 19.3 Å². The average Bonchev–Trinajstić information content (AvgIpc) is 2.47. The summed E-state index contributed by atoms with van der Waals surface area (Å²) in [6.45, 7) is 4.54. The third kappa shape index (κ3) is 3.59. The fourth-order valence-corrected chi connectivity index (χ4v) is 1.95. The molecule has 0 radical (unpaired) electrons. The molecule has 0 bridgehead atoms. The van der Waals surface area contributed by atoms with E-state index in [4.69, 9.17) is 0 Å². The summed E-state index contributed by atoms with van der Waals surface area (Å²) in [4.78, 5) is 0. The van der Waals surface area contributed by atoms with Crippen molar-refractivity contribution in [1.82, 2.24) is 5.32 Å². The van der Waals surface area contributed by atoms with E-state index in [0.717, 1.165) is 12.5 Å². The van der Waals surface area contributed by atoms with Gasteiger partial charge < -0.3 is 5.32 Å². The van der Waals surface area contributed by atoms with Gasteiger partial charge in [-0.3, -0.25) is 0 Å². The van der Waals surface area contributed by atoms with Crippen LogP contribution < -0.4 is 5.32 Å². The molecule has 13 heavy (non-hydrogen) atoms. The highest BCUT2D eigenvalue weighted by molar-refractivity contribution is 4.76. The molecule has 1 fully saturated rings. The van der Waals surface area contributed by atoms with Crippen LogP contribution in [0, 0.1) is 11.8 Å². The average molecular weight is 191 g/mol. The van der Waals surface area contributed by atoms with Gasteiger partial charge >= 0.3 is 0 Å². The number of rotatable bonds is 4. The maximum Gasteiger partial charge on any atom is 0.253 e. The second kappa shape index (κ2) is 4.89. The molecule has 0 aromatic rings. The van der Waals surface area contributed by atoms with Gasteiger partial charge in [-0.2, -0.15) is 0 Å². The summed E-state index contributed by atoms with van der Waals surface area (Å²) in [6.07, 6.45) is 1.42. The first-order chi connectivity index (χ1) is 6.09. The van der Waals surface area contributed by atoms with Gasteiger partial charge in [-0.05, 0) is 38.1 Å². The zero-order valence-electron chi connectivity index (χ0n) is 8.39. The molecule has 0 spiro atoms. The zero-order chi connectivity index (χ0) is 9.84. The Balaban J connectivity index is 2.12. The lowest BCUT2D eigenvalue weighted by Gasteiger charge is -2.16. The Labute approximate surface area is 78.9 Å². The Hall–Kier alpha value is -0.180. The molecule has 1 saturated carbocycles. The van der Waals surface area contributed by atoms with Gasteiger partial charge in [0.1, 0.15) is 0 Å². The largest absolute Gasteiger partial charge is 0.309 e. The maximum atomic E-state index is 12.1. The highest BCUT2D eigenvalue weighted by Crippen LogP contribution is 2.29. The Bertz CT molecular complexity index is 150. The van der Waals surface area contributed by atoms with Crippen LogP contribution in [0.4, 0.5) is 8.78 Å². The molecule has 3 heteroatoms. The van der Waals surface area contributed by atoms with Crippen molar-refractivity contribution in [2.45, 2.75) is 45.6 Å². The first kappa shape index (κ1) is 10.9. The van der Waals surface area contributed by atoms with Crippen molar-refractivity contribution < 1.29 is 8.78 Å². The summed E-state index contributed by atoms with van der Waals surface area (Å²) in [5.41, 5.74) is 0. The lowest BCUT2D eigenvalue weighted by molar-refractivity contribution is 0.104. The number of halogens is 2. The first-order valence-electron chi connectivity index (χ1n) is 5.11. The summed E-state index contributed by atoms with van der Waals surface area (Å²) in [5.74, 6) is 1.41. The highest BCUT2D eigenvalue weighted by atomic mass is 19.3. The first-order valence-corrected chi connectivity index (χ1v) is 5.11. The monoisotopic (exact) mass is 191 g/mol. The van der Waals surface area contributed by atoms with Gasteiger partial charge in [-0.25, -0.2) is 8.78 Å². The second-order valence-corrected chi connectivity index (χ2v) is 4.32. The summed E-state index contributed by atoms with van der Waals surface area (Å²) >= 11 is 0. The number of alkyl halides is 2. The van der Waals surface area contributed by atoms with Crippen molar-refractivity contribution in [2.75, 3.05) is 6.54 Å². The van der Waals surface area contributed by atoms with Crippen LogP contribution in [-0.2, 0) is 0 Å². The predicted octanol–water partition coefficient (Wildman–Crippen LogP) is 2.67. The number of hydrogen-bond donors (Lipinski definition) is 1. The van der Waals surface area contributed by atoms with Crippen molar-refractivity contribution >= 4 is 0 Å². The standard InChI is InChI=1S/C10H19F2N/c1-7-3-4-9(5-7)6-13-8(2)10(11)12/h7-10,13H,3-6H2,1-2H3. The lowest BCUT2D eigenvalue weighted by Crippen LogP contribution is -2.35. The highest BCUT2D eigenvalue weighted by Gasteiger charge is 2.22. The van der Waals surface area contributed by atoms with Gasteiger partial charge in [0.25, 0.3) is 6.43 Å². The van der Waals surface area contributed by atoms with Gasteiger partial charge in [-0.1, -0.05) is 13.3 Å². The minimum Gasteiger partial charge on any atom is -0.309 e. The lowest BCUT2D eigenvalue weighted by atomic mass is 10.1. The summed E-state index contributed by atoms with van der Waals surface area (Å²) in [5, 5.41) is 2.89.